The van der Waals surface area contributed by atoms with Gasteiger partial charge in [0, 0.05) is 12.2 Å². The van der Waals surface area contributed by atoms with E-state index in [2.05, 4.69) is 16.0 Å². The van der Waals surface area contributed by atoms with Crippen LogP contribution in [0, 0.1) is 0 Å². The molecule has 134 valence electrons. The van der Waals surface area contributed by atoms with E-state index in [-0.39, 0.29) is 11.9 Å². The maximum absolute atomic E-state index is 12.9. The third-order valence-electron chi connectivity index (χ3n) is 4.24. The van der Waals surface area contributed by atoms with Crippen molar-refractivity contribution in [2.75, 3.05) is 7.11 Å². The van der Waals surface area contributed by atoms with Gasteiger partial charge in [-0.2, -0.15) is 0 Å². The van der Waals surface area contributed by atoms with Crippen LogP contribution < -0.4 is 20.7 Å². The van der Waals surface area contributed by atoms with Crippen LogP contribution in [0.15, 0.2) is 65.9 Å². The first-order chi connectivity index (χ1) is 12.6. The highest BCUT2D eigenvalue weighted by Gasteiger charge is 2.29. The van der Waals surface area contributed by atoms with Crippen LogP contribution in [0.25, 0.3) is 0 Å². The van der Waals surface area contributed by atoms with Crippen molar-refractivity contribution in [1.82, 2.24) is 16.0 Å². The molecule has 6 heteroatoms. The Bertz CT molecular complexity index is 849. The number of amides is 1. The number of allylic oxidation sites excluding steroid dienone is 1. The fourth-order valence-electron chi connectivity index (χ4n) is 2.94. The fraction of sp³-hybridized carbons (Fsp3) is 0.200. The predicted octanol–water partition coefficient (Wildman–Crippen LogP) is 2.80. The highest BCUT2D eigenvalue weighted by atomic mass is 32.1. The topological polar surface area (TPSA) is 62.4 Å². The van der Waals surface area contributed by atoms with E-state index >= 15 is 0 Å². The Balaban J connectivity index is 1.86. The molecule has 1 amide bonds. The first kappa shape index (κ1) is 17.9. The summed E-state index contributed by atoms with van der Waals surface area (Å²) in [5.74, 6) is 0.595. The molecule has 2 aromatic rings. The van der Waals surface area contributed by atoms with Gasteiger partial charge in [0.2, 0.25) is 0 Å². The van der Waals surface area contributed by atoms with Gasteiger partial charge in [0.05, 0.1) is 18.7 Å². The largest absolute Gasteiger partial charge is 0.497 e. The van der Waals surface area contributed by atoms with E-state index in [0.717, 1.165) is 22.6 Å². The summed E-state index contributed by atoms with van der Waals surface area (Å²) in [4.78, 5) is 12.9. The van der Waals surface area contributed by atoms with E-state index in [1.165, 1.54) is 0 Å². The molecule has 0 fully saturated rings. The van der Waals surface area contributed by atoms with Crippen molar-refractivity contribution < 1.29 is 9.53 Å². The second-order valence-electron chi connectivity index (χ2n) is 6.02. The molecule has 0 radical (unpaired) electrons. The van der Waals surface area contributed by atoms with E-state index in [4.69, 9.17) is 17.0 Å². The van der Waals surface area contributed by atoms with Gasteiger partial charge in [-0.15, -0.1) is 0 Å². The van der Waals surface area contributed by atoms with Crippen molar-refractivity contribution in [2.24, 2.45) is 0 Å². The van der Waals surface area contributed by atoms with Crippen LogP contribution in [0.5, 0.6) is 5.75 Å². The first-order valence-corrected chi connectivity index (χ1v) is 8.73. The fourth-order valence-corrected chi connectivity index (χ4v) is 3.21. The molecule has 3 N–H and O–H groups in total. The third-order valence-corrected chi connectivity index (χ3v) is 4.46. The van der Waals surface area contributed by atoms with Crippen molar-refractivity contribution in [2.45, 2.75) is 19.5 Å². The molecule has 0 saturated carbocycles. The molecule has 26 heavy (non-hydrogen) atoms. The quantitative estimate of drug-likeness (QED) is 0.710. The van der Waals surface area contributed by atoms with E-state index in [9.17, 15) is 4.79 Å². The molecule has 0 saturated heterocycles. The molecule has 0 aliphatic carbocycles. The highest BCUT2D eigenvalue weighted by Crippen LogP contribution is 2.29. The van der Waals surface area contributed by atoms with Gasteiger partial charge in [-0.05, 0) is 42.4 Å². The number of thiocarbonyl (C=S) groups is 1. The smallest absolute Gasteiger partial charge is 0.251 e. The maximum atomic E-state index is 12.9. The van der Waals surface area contributed by atoms with Crippen molar-refractivity contribution in [1.29, 1.82) is 0 Å². The zero-order valence-electron chi connectivity index (χ0n) is 14.7. The first-order valence-electron chi connectivity index (χ1n) is 8.33. The molecular weight excluding hydrogens is 346 g/mol. The van der Waals surface area contributed by atoms with Crippen LogP contribution in [0.3, 0.4) is 0 Å². The minimum Gasteiger partial charge on any atom is -0.497 e. The molecule has 5 nitrogen and oxygen atoms in total. The van der Waals surface area contributed by atoms with Gasteiger partial charge in [-0.25, -0.2) is 0 Å². The third kappa shape index (κ3) is 4.03. The van der Waals surface area contributed by atoms with Crippen molar-refractivity contribution in [3.8, 4) is 5.75 Å². The van der Waals surface area contributed by atoms with Crippen LogP contribution in [0.4, 0.5) is 0 Å². The van der Waals surface area contributed by atoms with Crippen molar-refractivity contribution in [3.63, 3.8) is 0 Å². The van der Waals surface area contributed by atoms with Crippen LogP contribution >= 0.6 is 12.2 Å². The van der Waals surface area contributed by atoms with E-state index in [1.54, 1.807) is 7.11 Å². The van der Waals surface area contributed by atoms with Gasteiger partial charge in [0.15, 0.2) is 5.11 Å². The summed E-state index contributed by atoms with van der Waals surface area (Å²) in [7, 11) is 1.62. The monoisotopic (exact) mass is 367 g/mol. The van der Waals surface area contributed by atoms with Gasteiger partial charge >= 0.3 is 0 Å². The lowest BCUT2D eigenvalue weighted by Crippen LogP contribution is -2.46. The minimum absolute atomic E-state index is 0.137. The van der Waals surface area contributed by atoms with Gasteiger partial charge in [-0.1, -0.05) is 42.5 Å². The molecule has 2 aromatic carbocycles. The van der Waals surface area contributed by atoms with E-state index in [1.807, 2.05) is 61.5 Å². The highest BCUT2D eigenvalue weighted by molar-refractivity contribution is 7.80. The molecule has 3 rings (SSSR count). The zero-order valence-corrected chi connectivity index (χ0v) is 15.5. The van der Waals surface area contributed by atoms with Crippen LogP contribution in [0.2, 0.25) is 0 Å². The second-order valence-corrected chi connectivity index (χ2v) is 6.42. The van der Waals surface area contributed by atoms with Crippen molar-refractivity contribution in [3.05, 3.63) is 77.0 Å². The number of carbonyl (C=O) groups is 1. The Labute approximate surface area is 158 Å². The number of ether oxygens (including phenoxy) is 1. The Kier molecular flexibility index (Phi) is 5.53. The Morgan fingerprint density at radius 2 is 1.96 bits per heavy atom. The normalized spacial score (nSPS) is 16.5. The Hall–Kier alpha value is -2.86. The summed E-state index contributed by atoms with van der Waals surface area (Å²) >= 11 is 5.28. The van der Waals surface area contributed by atoms with E-state index < -0.39 is 0 Å². The zero-order chi connectivity index (χ0) is 18.5. The number of nitrogens with one attached hydrogen (secondary N) is 3. The number of carbonyl (C=O) groups excluding carboxylic acids is 1. The van der Waals surface area contributed by atoms with E-state index in [0.29, 0.717) is 17.2 Å². The van der Waals surface area contributed by atoms with Crippen LogP contribution in [0.1, 0.15) is 24.1 Å². The van der Waals surface area contributed by atoms with Gasteiger partial charge in [0.1, 0.15) is 5.75 Å². The predicted molar refractivity (Wildman–Crippen MR) is 106 cm³/mol. The molecule has 0 unspecified atom stereocenters. The lowest BCUT2D eigenvalue weighted by atomic mass is 9.94. The summed E-state index contributed by atoms with van der Waals surface area (Å²) in [6.07, 6.45) is 0. The maximum Gasteiger partial charge on any atom is 0.251 e. The number of rotatable bonds is 5. The number of methoxy groups -OCH3 is 1. The summed E-state index contributed by atoms with van der Waals surface area (Å²) in [5, 5.41) is 9.72. The molecule has 0 bridgehead atoms. The summed E-state index contributed by atoms with van der Waals surface area (Å²) in [5.41, 5.74) is 3.32. The summed E-state index contributed by atoms with van der Waals surface area (Å²) in [6, 6.07) is 17.1. The SMILES string of the molecule is COc1cccc([C@H]2NC(=S)NC(C)=C2C(=O)NCc2ccccc2)c1. The molecule has 0 aromatic heterocycles. The molecule has 1 atom stereocenters. The lowest BCUT2D eigenvalue weighted by molar-refractivity contribution is -0.118. The van der Waals surface area contributed by atoms with Crippen LogP contribution in [-0.4, -0.2) is 18.1 Å². The Morgan fingerprint density at radius 1 is 1.19 bits per heavy atom. The molecule has 1 aliphatic rings. The molecule has 1 heterocycles. The Morgan fingerprint density at radius 3 is 2.69 bits per heavy atom. The number of benzene rings is 2. The molecular formula is C20H21N3O2S. The van der Waals surface area contributed by atoms with Crippen LogP contribution in [-0.2, 0) is 11.3 Å². The average Bonchev–Trinajstić information content (AvgIpc) is 2.66. The minimum atomic E-state index is -0.338. The summed E-state index contributed by atoms with van der Waals surface area (Å²) < 4.78 is 5.31. The lowest BCUT2D eigenvalue weighted by Gasteiger charge is -2.30. The van der Waals surface area contributed by atoms with Gasteiger partial charge in [0.25, 0.3) is 5.91 Å². The average molecular weight is 367 g/mol. The van der Waals surface area contributed by atoms with Crippen molar-refractivity contribution >= 4 is 23.2 Å². The van der Waals surface area contributed by atoms with Gasteiger partial charge in [-0.3, -0.25) is 4.79 Å². The number of hydrogen-bond acceptors (Lipinski definition) is 3. The number of hydrogen-bond donors (Lipinski definition) is 3. The van der Waals surface area contributed by atoms with Gasteiger partial charge < -0.3 is 20.7 Å². The molecule has 0 spiro atoms. The molecule has 1 aliphatic heterocycles. The summed E-state index contributed by atoms with van der Waals surface area (Å²) in [6.45, 7) is 2.32. The standard InChI is InChI=1S/C20H21N3O2S/c1-13-17(19(24)21-12-14-7-4-3-5-8-14)18(23-20(26)22-13)15-9-6-10-16(11-15)25-2/h3-11,18H,12H2,1-2H3,(H,21,24)(H2,22,23,26)/t18-/m1/s1. The second kappa shape index (κ2) is 8.01.